The van der Waals surface area contributed by atoms with E-state index >= 15 is 0 Å². The molecule has 3 heterocycles. The smallest absolute Gasteiger partial charge is 0.316 e. The summed E-state index contributed by atoms with van der Waals surface area (Å²) in [7, 11) is 0. The molecule has 0 unspecified atom stereocenters. The van der Waals surface area contributed by atoms with Gasteiger partial charge in [-0.1, -0.05) is 0 Å². The van der Waals surface area contributed by atoms with Gasteiger partial charge in [0.15, 0.2) is 6.61 Å². The number of rotatable bonds is 8. The van der Waals surface area contributed by atoms with Crippen LogP contribution in [0.15, 0.2) is 36.9 Å². The molecule has 3 aromatic rings. The van der Waals surface area contributed by atoms with Crippen molar-refractivity contribution in [2.45, 2.75) is 13.8 Å². The molecule has 0 aliphatic heterocycles. The second kappa shape index (κ2) is 8.70. The van der Waals surface area contributed by atoms with Crippen molar-refractivity contribution in [1.29, 1.82) is 0 Å². The highest BCUT2D eigenvalue weighted by atomic mass is 16.5. The van der Waals surface area contributed by atoms with Crippen LogP contribution < -0.4 is 15.4 Å². The van der Waals surface area contributed by atoms with Crippen molar-refractivity contribution in [3.8, 4) is 11.8 Å². The molecule has 3 aromatic heterocycles. The minimum atomic E-state index is -0.252. The molecule has 10 heteroatoms. The molecule has 0 aliphatic carbocycles. The number of nitrogens with one attached hydrogen (secondary N) is 2. The lowest BCUT2D eigenvalue weighted by atomic mass is 10.4. The third kappa shape index (κ3) is 5.21. The second-order valence-corrected chi connectivity index (χ2v) is 5.60. The summed E-state index contributed by atoms with van der Waals surface area (Å²) in [5.41, 5.74) is 0. The standard InChI is InChI=1S/C17H20N8O2/c1-12-23-14(10-15(24-12)25-9-8-18-13(25)2)19-6-7-20-16(26)11-27-17-21-4-3-5-22-17/h3-5,8-10H,6-7,11H2,1-2H3,(H,20,26)(H,19,23,24). The van der Waals surface area contributed by atoms with Crippen LogP contribution in [0.4, 0.5) is 5.82 Å². The minimum Gasteiger partial charge on any atom is -0.453 e. The van der Waals surface area contributed by atoms with E-state index in [0.29, 0.717) is 24.7 Å². The van der Waals surface area contributed by atoms with Crippen LogP contribution in [-0.2, 0) is 4.79 Å². The van der Waals surface area contributed by atoms with Gasteiger partial charge in [0.05, 0.1) is 0 Å². The molecule has 10 nitrogen and oxygen atoms in total. The molecule has 0 saturated carbocycles. The van der Waals surface area contributed by atoms with E-state index in [1.165, 1.54) is 0 Å². The highest BCUT2D eigenvalue weighted by molar-refractivity contribution is 5.77. The van der Waals surface area contributed by atoms with Crippen LogP contribution in [0.3, 0.4) is 0 Å². The molecule has 140 valence electrons. The highest BCUT2D eigenvalue weighted by Gasteiger charge is 2.07. The predicted octanol–water partition coefficient (Wildman–Crippen LogP) is 0.676. The summed E-state index contributed by atoms with van der Waals surface area (Å²) in [6.45, 7) is 4.52. The summed E-state index contributed by atoms with van der Waals surface area (Å²) in [5.74, 6) is 2.64. The fourth-order valence-electron chi connectivity index (χ4n) is 2.32. The molecule has 0 bridgehead atoms. The average Bonchev–Trinajstić information content (AvgIpc) is 3.10. The summed E-state index contributed by atoms with van der Waals surface area (Å²) >= 11 is 0. The number of nitrogens with zero attached hydrogens (tertiary/aromatic N) is 6. The molecule has 3 rings (SSSR count). The van der Waals surface area contributed by atoms with Crippen LogP contribution in [-0.4, -0.2) is 55.1 Å². The van der Waals surface area contributed by atoms with E-state index in [-0.39, 0.29) is 18.5 Å². The molecule has 2 N–H and O–H groups in total. The monoisotopic (exact) mass is 368 g/mol. The van der Waals surface area contributed by atoms with E-state index in [2.05, 4.69) is 35.6 Å². The maximum absolute atomic E-state index is 11.8. The zero-order valence-corrected chi connectivity index (χ0v) is 15.1. The predicted molar refractivity (Wildman–Crippen MR) is 97.7 cm³/mol. The van der Waals surface area contributed by atoms with Gasteiger partial charge in [-0.15, -0.1) is 0 Å². The van der Waals surface area contributed by atoms with Crippen LogP contribution in [0.2, 0.25) is 0 Å². The molecule has 0 aliphatic rings. The topological polar surface area (TPSA) is 120 Å². The Kier molecular flexibility index (Phi) is 5.87. The Bertz CT molecular complexity index is 897. The Hall–Kier alpha value is -3.56. The first kappa shape index (κ1) is 18.2. The van der Waals surface area contributed by atoms with E-state index in [1.54, 1.807) is 24.7 Å². The average molecular weight is 368 g/mol. The number of amides is 1. The molecule has 0 saturated heterocycles. The van der Waals surface area contributed by atoms with Crippen LogP contribution in [0.25, 0.3) is 5.82 Å². The van der Waals surface area contributed by atoms with Crippen molar-refractivity contribution in [3.63, 3.8) is 0 Å². The summed E-state index contributed by atoms with van der Waals surface area (Å²) in [6.07, 6.45) is 6.66. The molecule has 0 atom stereocenters. The Morgan fingerprint density at radius 2 is 1.93 bits per heavy atom. The number of ether oxygens (including phenoxy) is 1. The summed E-state index contributed by atoms with van der Waals surface area (Å²) in [4.78, 5) is 32.5. The van der Waals surface area contributed by atoms with Gasteiger partial charge in [0.2, 0.25) is 0 Å². The van der Waals surface area contributed by atoms with Gasteiger partial charge in [-0.2, -0.15) is 0 Å². The van der Waals surface area contributed by atoms with E-state index in [9.17, 15) is 4.79 Å². The largest absolute Gasteiger partial charge is 0.453 e. The third-order valence-electron chi connectivity index (χ3n) is 3.52. The van der Waals surface area contributed by atoms with E-state index in [0.717, 1.165) is 11.6 Å². The van der Waals surface area contributed by atoms with Gasteiger partial charge in [-0.3, -0.25) is 9.36 Å². The highest BCUT2D eigenvalue weighted by Crippen LogP contribution is 2.12. The van der Waals surface area contributed by atoms with Gasteiger partial charge in [0.1, 0.15) is 23.3 Å². The van der Waals surface area contributed by atoms with Crippen molar-refractivity contribution >= 4 is 11.7 Å². The zero-order valence-electron chi connectivity index (χ0n) is 15.1. The van der Waals surface area contributed by atoms with Gasteiger partial charge in [-0.05, 0) is 19.9 Å². The maximum Gasteiger partial charge on any atom is 0.316 e. The normalized spacial score (nSPS) is 10.4. The van der Waals surface area contributed by atoms with Crippen molar-refractivity contribution in [2.24, 2.45) is 0 Å². The Morgan fingerprint density at radius 3 is 2.67 bits per heavy atom. The van der Waals surface area contributed by atoms with Crippen molar-refractivity contribution in [2.75, 3.05) is 25.0 Å². The fourth-order valence-corrected chi connectivity index (χ4v) is 2.32. The first-order valence-electron chi connectivity index (χ1n) is 8.38. The number of hydrogen-bond acceptors (Lipinski definition) is 8. The summed E-state index contributed by atoms with van der Waals surface area (Å²) < 4.78 is 7.06. The van der Waals surface area contributed by atoms with Crippen LogP contribution >= 0.6 is 0 Å². The van der Waals surface area contributed by atoms with Gasteiger partial charge in [0, 0.05) is 43.9 Å². The van der Waals surface area contributed by atoms with Crippen LogP contribution in [0, 0.1) is 13.8 Å². The van der Waals surface area contributed by atoms with E-state index < -0.39 is 0 Å². The number of anilines is 1. The SMILES string of the molecule is Cc1nc(NCCNC(=O)COc2ncccn2)cc(-n2ccnc2C)n1. The van der Waals surface area contributed by atoms with Crippen LogP contribution in [0.1, 0.15) is 11.6 Å². The van der Waals surface area contributed by atoms with Gasteiger partial charge in [0.25, 0.3) is 5.91 Å². The summed E-state index contributed by atoms with van der Waals surface area (Å²) in [5, 5.41) is 5.92. The zero-order chi connectivity index (χ0) is 19.1. The third-order valence-corrected chi connectivity index (χ3v) is 3.52. The lowest BCUT2D eigenvalue weighted by molar-refractivity contribution is -0.123. The lowest BCUT2D eigenvalue weighted by Gasteiger charge is -2.10. The number of hydrogen-bond donors (Lipinski definition) is 2. The number of aromatic nitrogens is 6. The quantitative estimate of drug-likeness (QED) is 0.557. The van der Waals surface area contributed by atoms with Crippen molar-refractivity contribution in [3.05, 3.63) is 48.6 Å². The molecule has 0 aromatic carbocycles. The second-order valence-electron chi connectivity index (χ2n) is 5.60. The van der Waals surface area contributed by atoms with Gasteiger partial charge < -0.3 is 15.4 Å². The van der Waals surface area contributed by atoms with Crippen molar-refractivity contribution in [1.82, 2.24) is 34.8 Å². The Labute approximate surface area is 156 Å². The Balaban J connectivity index is 1.46. The van der Waals surface area contributed by atoms with E-state index in [1.807, 2.05) is 30.7 Å². The molecular formula is C17H20N8O2. The molecule has 0 radical (unpaired) electrons. The maximum atomic E-state index is 11.8. The molecule has 0 fully saturated rings. The number of imidazole rings is 1. The number of carbonyl (C=O) groups excluding carboxylic acids is 1. The molecule has 1 amide bonds. The van der Waals surface area contributed by atoms with Gasteiger partial charge >= 0.3 is 6.01 Å². The van der Waals surface area contributed by atoms with Gasteiger partial charge in [-0.25, -0.2) is 24.9 Å². The molecule has 27 heavy (non-hydrogen) atoms. The molecular weight excluding hydrogens is 348 g/mol. The van der Waals surface area contributed by atoms with Crippen LogP contribution in [0.5, 0.6) is 6.01 Å². The minimum absolute atomic E-state index is 0.138. The summed E-state index contributed by atoms with van der Waals surface area (Å²) in [6, 6.07) is 3.68. The molecule has 0 spiro atoms. The lowest BCUT2D eigenvalue weighted by Crippen LogP contribution is -2.33. The number of aryl methyl sites for hydroxylation is 2. The first-order chi connectivity index (χ1) is 13.1. The Morgan fingerprint density at radius 1 is 1.11 bits per heavy atom. The number of carbonyl (C=O) groups is 1. The van der Waals surface area contributed by atoms with E-state index in [4.69, 9.17) is 4.74 Å². The van der Waals surface area contributed by atoms with Crippen molar-refractivity contribution < 1.29 is 9.53 Å². The fraction of sp³-hybridized carbons (Fsp3) is 0.294. The first-order valence-corrected chi connectivity index (χ1v) is 8.38.